The van der Waals surface area contributed by atoms with E-state index < -0.39 is 5.82 Å². The summed E-state index contributed by atoms with van der Waals surface area (Å²) < 4.78 is 14.3. The number of aromatic nitrogens is 2. The highest BCUT2D eigenvalue weighted by atomic mass is 35.5. The third-order valence-corrected chi connectivity index (χ3v) is 4.69. The minimum atomic E-state index is -0.452. The molecule has 1 aromatic heterocycles. The summed E-state index contributed by atoms with van der Waals surface area (Å²) >= 11 is 12.1. The normalized spacial score (nSPS) is 11.6. The zero-order valence-corrected chi connectivity index (χ0v) is 15.5. The molecule has 1 heterocycles. The first kappa shape index (κ1) is 19.1. The van der Waals surface area contributed by atoms with Gasteiger partial charge in [0.15, 0.2) is 0 Å². The number of nitrogens with zero attached hydrogens (tertiary/aromatic N) is 3. The average molecular weight is 408 g/mol. The Labute approximate surface area is 164 Å². The maximum Gasteiger partial charge on any atom is 0.149 e. The van der Waals surface area contributed by atoms with E-state index >= 15 is 0 Å². The fraction of sp³-hybridized carbons (Fsp3) is 0.118. The number of halogens is 3. The predicted molar refractivity (Wildman–Crippen MR) is 107 cm³/mol. The van der Waals surface area contributed by atoms with Crippen LogP contribution in [0.1, 0.15) is 6.42 Å². The molecule has 27 heavy (non-hydrogen) atoms. The lowest BCUT2D eigenvalue weighted by molar-refractivity contribution is 0.636. The van der Waals surface area contributed by atoms with Crippen molar-refractivity contribution in [2.75, 3.05) is 11.9 Å². The minimum absolute atomic E-state index is 0.195. The van der Waals surface area contributed by atoms with E-state index in [9.17, 15) is 4.39 Å². The predicted octanol–water partition coefficient (Wildman–Crippen LogP) is 3.28. The average Bonchev–Trinajstić information content (AvgIpc) is 2.68. The molecule has 3 aromatic rings. The van der Waals surface area contributed by atoms with Crippen LogP contribution in [0.2, 0.25) is 10.0 Å². The minimum Gasteiger partial charge on any atom is -0.369 e. The number of anilines is 1. The number of rotatable bonds is 5. The van der Waals surface area contributed by atoms with Crippen LogP contribution in [0.5, 0.6) is 0 Å². The molecule has 3 rings (SSSR count). The van der Waals surface area contributed by atoms with Gasteiger partial charge in [-0.1, -0.05) is 35.3 Å². The molecule has 0 aliphatic carbocycles. The Morgan fingerprint density at radius 1 is 1.15 bits per heavy atom. The molecule has 0 saturated carbocycles. The third-order valence-electron chi connectivity index (χ3n) is 3.95. The summed E-state index contributed by atoms with van der Waals surface area (Å²) in [4.78, 5) is 8.33. The molecule has 140 valence electrons. The second kappa shape index (κ2) is 8.34. The number of hydrazone groups is 1. The topological polar surface area (TPSA) is 114 Å². The van der Waals surface area contributed by atoms with Gasteiger partial charge in [0.25, 0.3) is 0 Å². The second-order valence-electron chi connectivity index (χ2n) is 5.57. The van der Waals surface area contributed by atoms with Crippen LogP contribution < -0.4 is 22.4 Å². The molecule has 0 aliphatic heterocycles. The molecule has 7 nitrogen and oxygen atoms in total. The summed E-state index contributed by atoms with van der Waals surface area (Å²) in [6.07, 6.45) is 1.72. The molecule has 0 bridgehead atoms. The smallest absolute Gasteiger partial charge is 0.149 e. The van der Waals surface area contributed by atoms with E-state index in [1.807, 2.05) is 0 Å². The van der Waals surface area contributed by atoms with Crippen molar-refractivity contribution in [2.45, 2.75) is 6.42 Å². The van der Waals surface area contributed by atoms with Gasteiger partial charge in [-0.05, 0) is 29.3 Å². The molecule has 0 atom stereocenters. The maximum atomic E-state index is 14.3. The molecule has 0 radical (unpaired) electrons. The van der Waals surface area contributed by atoms with Gasteiger partial charge in [-0.3, -0.25) is 0 Å². The van der Waals surface area contributed by atoms with Crippen molar-refractivity contribution in [3.05, 3.63) is 52.5 Å². The standard InChI is InChI=1S/C17H16Cl2FN7/c18-11-3-1-9(7-12(11)19)10-2-4-13(20)16-15(10)17(25-8-24-16)23-6-5-14(26-21)27-22/h1-4,7-8H,5-6,21-22H2,(H,26,27)(H,23,24,25). The Balaban J connectivity index is 2.06. The molecule has 0 fully saturated rings. The van der Waals surface area contributed by atoms with Gasteiger partial charge in [-0.15, -0.1) is 0 Å². The number of hydrogen-bond donors (Lipinski definition) is 4. The quantitative estimate of drug-likeness (QED) is 0.223. The molecular formula is C17H16Cl2FN7. The van der Waals surface area contributed by atoms with Crippen molar-refractivity contribution in [3.8, 4) is 11.1 Å². The third kappa shape index (κ3) is 4.02. The van der Waals surface area contributed by atoms with Crippen LogP contribution in [0.3, 0.4) is 0 Å². The van der Waals surface area contributed by atoms with E-state index in [1.54, 1.807) is 24.3 Å². The van der Waals surface area contributed by atoms with Gasteiger partial charge in [0.2, 0.25) is 0 Å². The van der Waals surface area contributed by atoms with E-state index in [2.05, 4.69) is 25.8 Å². The highest BCUT2D eigenvalue weighted by Crippen LogP contribution is 2.35. The lowest BCUT2D eigenvalue weighted by Crippen LogP contribution is -2.32. The molecule has 6 N–H and O–H groups in total. The molecule has 10 heteroatoms. The van der Waals surface area contributed by atoms with Crippen molar-refractivity contribution in [1.29, 1.82) is 0 Å². The molecule has 0 amide bonds. The Kier molecular flexibility index (Phi) is 5.90. The number of benzene rings is 2. The van der Waals surface area contributed by atoms with Gasteiger partial charge < -0.3 is 16.6 Å². The van der Waals surface area contributed by atoms with Crippen molar-refractivity contribution < 1.29 is 4.39 Å². The lowest BCUT2D eigenvalue weighted by atomic mass is 10.0. The van der Waals surface area contributed by atoms with Crippen LogP contribution >= 0.6 is 23.2 Å². The summed E-state index contributed by atoms with van der Waals surface area (Å²) in [7, 11) is 0. The Morgan fingerprint density at radius 3 is 2.67 bits per heavy atom. The first-order valence-electron chi connectivity index (χ1n) is 7.91. The van der Waals surface area contributed by atoms with Gasteiger partial charge in [-0.2, -0.15) is 5.10 Å². The van der Waals surface area contributed by atoms with Crippen molar-refractivity contribution in [3.63, 3.8) is 0 Å². The van der Waals surface area contributed by atoms with Crippen LogP contribution in [0.15, 0.2) is 41.8 Å². The molecule has 0 unspecified atom stereocenters. The van der Waals surface area contributed by atoms with E-state index in [0.29, 0.717) is 40.1 Å². The van der Waals surface area contributed by atoms with E-state index in [-0.39, 0.29) is 5.52 Å². The van der Waals surface area contributed by atoms with Gasteiger partial charge in [0.1, 0.15) is 29.3 Å². The second-order valence-corrected chi connectivity index (χ2v) is 6.38. The Hall–Kier alpha value is -2.68. The van der Waals surface area contributed by atoms with E-state index in [0.717, 1.165) is 11.1 Å². The highest BCUT2D eigenvalue weighted by molar-refractivity contribution is 6.42. The lowest BCUT2D eigenvalue weighted by Gasteiger charge is -2.13. The first-order chi connectivity index (χ1) is 13.0. The van der Waals surface area contributed by atoms with Gasteiger partial charge >= 0.3 is 0 Å². The number of amidine groups is 1. The molecular weight excluding hydrogens is 392 g/mol. The summed E-state index contributed by atoms with van der Waals surface area (Å²) in [5.74, 6) is 11.0. The van der Waals surface area contributed by atoms with Crippen LogP contribution in [-0.2, 0) is 0 Å². The SMILES string of the molecule is N/N=C(/CCNc1ncnc2c(F)ccc(-c3ccc(Cl)c(Cl)c3)c12)NN. The Morgan fingerprint density at radius 2 is 1.96 bits per heavy atom. The zero-order valence-electron chi connectivity index (χ0n) is 14.0. The summed E-state index contributed by atoms with van der Waals surface area (Å²) in [6.45, 7) is 0.420. The molecule has 0 aliphatic rings. The zero-order chi connectivity index (χ0) is 19.4. The molecule has 0 spiro atoms. The Bertz CT molecular complexity index is 1010. The van der Waals surface area contributed by atoms with Gasteiger partial charge in [0, 0.05) is 13.0 Å². The number of hydrazine groups is 1. The largest absolute Gasteiger partial charge is 0.369 e. The van der Waals surface area contributed by atoms with Crippen molar-refractivity contribution in [2.24, 2.45) is 16.8 Å². The van der Waals surface area contributed by atoms with Crippen molar-refractivity contribution in [1.82, 2.24) is 15.4 Å². The van der Waals surface area contributed by atoms with E-state index in [1.165, 1.54) is 12.4 Å². The number of hydrogen-bond acceptors (Lipinski definition) is 6. The van der Waals surface area contributed by atoms with Gasteiger partial charge in [-0.25, -0.2) is 20.2 Å². The maximum absolute atomic E-state index is 14.3. The first-order valence-corrected chi connectivity index (χ1v) is 8.66. The molecule has 0 saturated heterocycles. The number of nitrogens with one attached hydrogen (secondary N) is 2. The fourth-order valence-corrected chi connectivity index (χ4v) is 2.95. The monoisotopic (exact) mass is 407 g/mol. The van der Waals surface area contributed by atoms with Crippen LogP contribution in [-0.4, -0.2) is 22.3 Å². The van der Waals surface area contributed by atoms with Crippen molar-refractivity contribution >= 4 is 45.8 Å². The highest BCUT2D eigenvalue weighted by Gasteiger charge is 2.15. The summed E-state index contributed by atoms with van der Waals surface area (Å²) in [5.41, 5.74) is 4.08. The van der Waals surface area contributed by atoms with E-state index in [4.69, 9.17) is 34.9 Å². The van der Waals surface area contributed by atoms with Crippen LogP contribution in [0.4, 0.5) is 10.2 Å². The number of nitrogens with two attached hydrogens (primary N) is 2. The fourth-order valence-electron chi connectivity index (χ4n) is 2.65. The van der Waals surface area contributed by atoms with Crippen LogP contribution in [0.25, 0.3) is 22.0 Å². The van der Waals surface area contributed by atoms with Gasteiger partial charge in [0.05, 0.1) is 15.4 Å². The number of fused-ring (bicyclic) bond motifs is 1. The summed E-state index contributed by atoms with van der Waals surface area (Å²) in [6, 6.07) is 8.21. The summed E-state index contributed by atoms with van der Waals surface area (Å²) in [5, 5.41) is 8.02. The molecule has 2 aromatic carbocycles. The van der Waals surface area contributed by atoms with Crippen LogP contribution in [0, 0.1) is 5.82 Å².